The average molecular weight is 316 g/mol. The SMILES string of the molecule is COc1ccc(CC[C@H](C)NCCc2nc(N)cc(=O)[nH]2)cc1. The van der Waals surface area contributed by atoms with Crippen LogP contribution in [-0.4, -0.2) is 29.7 Å². The van der Waals surface area contributed by atoms with Crippen molar-refractivity contribution in [1.82, 2.24) is 15.3 Å². The van der Waals surface area contributed by atoms with E-state index in [0.29, 0.717) is 18.3 Å². The highest BCUT2D eigenvalue weighted by Crippen LogP contribution is 2.13. The summed E-state index contributed by atoms with van der Waals surface area (Å²) in [7, 11) is 1.67. The number of H-pyrrole nitrogens is 1. The van der Waals surface area contributed by atoms with E-state index in [2.05, 4.69) is 34.3 Å². The maximum Gasteiger partial charge on any atom is 0.252 e. The van der Waals surface area contributed by atoms with Gasteiger partial charge in [-0.2, -0.15) is 0 Å². The molecule has 124 valence electrons. The van der Waals surface area contributed by atoms with Gasteiger partial charge in [-0.25, -0.2) is 4.98 Å². The number of benzene rings is 1. The molecule has 6 nitrogen and oxygen atoms in total. The molecular formula is C17H24N4O2. The number of hydrogen-bond acceptors (Lipinski definition) is 5. The summed E-state index contributed by atoms with van der Waals surface area (Å²) in [5.41, 5.74) is 6.65. The van der Waals surface area contributed by atoms with Crippen LogP contribution in [0.5, 0.6) is 5.75 Å². The molecule has 0 saturated heterocycles. The van der Waals surface area contributed by atoms with Crippen molar-refractivity contribution in [2.24, 2.45) is 0 Å². The van der Waals surface area contributed by atoms with Crippen molar-refractivity contribution in [3.8, 4) is 5.75 Å². The van der Waals surface area contributed by atoms with Gasteiger partial charge < -0.3 is 20.8 Å². The predicted octanol–water partition coefficient (Wildman–Crippen LogP) is 1.51. The first-order valence-electron chi connectivity index (χ1n) is 7.79. The van der Waals surface area contributed by atoms with Gasteiger partial charge in [0.25, 0.3) is 5.56 Å². The molecule has 0 radical (unpaired) electrons. The van der Waals surface area contributed by atoms with E-state index in [9.17, 15) is 4.79 Å². The lowest BCUT2D eigenvalue weighted by atomic mass is 10.1. The zero-order valence-electron chi connectivity index (χ0n) is 13.6. The molecule has 0 aliphatic heterocycles. The molecule has 0 fully saturated rings. The molecule has 2 rings (SSSR count). The molecule has 4 N–H and O–H groups in total. The molecule has 0 amide bonds. The van der Waals surface area contributed by atoms with Crippen LogP contribution in [0.1, 0.15) is 24.7 Å². The fraction of sp³-hybridized carbons (Fsp3) is 0.412. The molecule has 2 aromatic rings. The predicted molar refractivity (Wildman–Crippen MR) is 91.8 cm³/mol. The van der Waals surface area contributed by atoms with Crippen molar-refractivity contribution in [1.29, 1.82) is 0 Å². The fourth-order valence-corrected chi connectivity index (χ4v) is 2.36. The quantitative estimate of drug-likeness (QED) is 0.686. The Morgan fingerprint density at radius 1 is 1.30 bits per heavy atom. The molecule has 1 atom stereocenters. The summed E-state index contributed by atoms with van der Waals surface area (Å²) in [5, 5.41) is 3.44. The summed E-state index contributed by atoms with van der Waals surface area (Å²) >= 11 is 0. The molecule has 0 saturated carbocycles. The van der Waals surface area contributed by atoms with E-state index in [1.165, 1.54) is 11.6 Å². The number of aromatic nitrogens is 2. The average Bonchev–Trinajstić information content (AvgIpc) is 2.52. The summed E-state index contributed by atoms with van der Waals surface area (Å²) in [6.07, 6.45) is 2.69. The lowest BCUT2D eigenvalue weighted by Gasteiger charge is -2.13. The molecule has 6 heteroatoms. The van der Waals surface area contributed by atoms with Crippen LogP contribution in [0.25, 0.3) is 0 Å². The van der Waals surface area contributed by atoms with Crippen LogP contribution in [0.3, 0.4) is 0 Å². The molecule has 0 bridgehead atoms. The Morgan fingerprint density at radius 3 is 2.70 bits per heavy atom. The van der Waals surface area contributed by atoms with E-state index >= 15 is 0 Å². The summed E-state index contributed by atoms with van der Waals surface area (Å²) in [4.78, 5) is 18.1. The van der Waals surface area contributed by atoms with Crippen molar-refractivity contribution < 1.29 is 4.74 Å². The number of rotatable bonds is 8. The Balaban J connectivity index is 1.72. The van der Waals surface area contributed by atoms with Gasteiger partial charge in [0.2, 0.25) is 0 Å². The maximum absolute atomic E-state index is 11.3. The van der Waals surface area contributed by atoms with Gasteiger partial charge in [-0.3, -0.25) is 4.79 Å². The van der Waals surface area contributed by atoms with Gasteiger partial charge in [0, 0.05) is 25.1 Å². The number of nitrogens with one attached hydrogen (secondary N) is 2. The topological polar surface area (TPSA) is 93.0 Å². The Hall–Kier alpha value is -2.34. The lowest BCUT2D eigenvalue weighted by molar-refractivity contribution is 0.414. The third kappa shape index (κ3) is 5.75. The molecule has 23 heavy (non-hydrogen) atoms. The fourth-order valence-electron chi connectivity index (χ4n) is 2.36. The van der Waals surface area contributed by atoms with E-state index in [0.717, 1.165) is 25.1 Å². The second kappa shape index (κ2) is 8.33. The highest BCUT2D eigenvalue weighted by atomic mass is 16.5. The van der Waals surface area contributed by atoms with Gasteiger partial charge in [-0.15, -0.1) is 0 Å². The van der Waals surface area contributed by atoms with Crippen molar-refractivity contribution in [3.05, 3.63) is 52.1 Å². The van der Waals surface area contributed by atoms with E-state index in [4.69, 9.17) is 10.5 Å². The second-order valence-electron chi connectivity index (χ2n) is 5.61. The van der Waals surface area contributed by atoms with Crippen LogP contribution in [0.2, 0.25) is 0 Å². The number of ether oxygens (including phenoxy) is 1. The number of nitrogens with two attached hydrogens (primary N) is 1. The van der Waals surface area contributed by atoms with E-state index in [1.54, 1.807) is 7.11 Å². The minimum Gasteiger partial charge on any atom is -0.497 e. The first-order valence-corrected chi connectivity index (χ1v) is 7.79. The van der Waals surface area contributed by atoms with Gasteiger partial charge in [-0.1, -0.05) is 12.1 Å². The normalized spacial score (nSPS) is 12.1. The number of anilines is 1. The van der Waals surface area contributed by atoms with Crippen LogP contribution in [0.15, 0.2) is 35.1 Å². The molecule has 1 heterocycles. The van der Waals surface area contributed by atoms with Crippen molar-refractivity contribution in [3.63, 3.8) is 0 Å². The van der Waals surface area contributed by atoms with Gasteiger partial charge in [0.15, 0.2) is 0 Å². The van der Waals surface area contributed by atoms with Crippen molar-refractivity contribution in [2.75, 3.05) is 19.4 Å². The zero-order valence-corrected chi connectivity index (χ0v) is 13.6. The number of aromatic amines is 1. The summed E-state index contributed by atoms with van der Waals surface area (Å²) in [6.45, 7) is 2.90. The monoisotopic (exact) mass is 316 g/mol. The standard InChI is InChI=1S/C17H24N4O2/c1-12(3-4-13-5-7-14(23-2)8-6-13)19-10-9-16-20-15(18)11-17(22)21-16/h5-8,11-12,19H,3-4,9-10H2,1-2H3,(H3,18,20,21,22)/t12-/m0/s1. The molecule has 0 aliphatic carbocycles. The summed E-state index contributed by atoms with van der Waals surface area (Å²) in [6, 6.07) is 9.81. The van der Waals surface area contributed by atoms with Gasteiger partial charge in [0.1, 0.15) is 17.4 Å². The Morgan fingerprint density at radius 2 is 2.04 bits per heavy atom. The minimum atomic E-state index is -0.208. The zero-order chi connectivity index (χ0) is 16.7. The highest BCUT2D eigenvalue weighted by molar-refractivity contribution is 5.27. The van der Waals surface area contributed by atoms with Crippen molar-refractivity contribution >= 4 is 5.82 Å². The van der Waals surface area contributed by atoms with E-state index in [1.807, 2.05) is 12.1 Å². The number of nitrogens with zero attached hydrogens (tertiary/aromatic N) is 1. The number of aryl methyl sites for hydroxylation is 1. The summed E-state index contributed by atoms with van der Waals surface area (Å²) < 4.78 is 5.15. The van der Waals surface area contributed by atoms with Crippen LogP contribution < -0.4 is 21.3 Å². The Kier molecular flexibility index (Phi) is 6.17. The molecule has 0 unspecified atom stereocenters. The van der Waals surface area contributed by atoms with Crippen molar-refractivity contribution in [2.45, 2.75) is 32.2 Å². The molecular weight excluding hydrogens is 292 g/mol. The summed E-state index contributed by atoms with van der Waals surface area (Å²) in [5.74, 6) is 1.75. The van der Waals surface area contributed by atoms with Crippen LogP contribution in [0, 0.1) is 0 Å². The van der Waals surface area contributed by atoms with E-state index < -0.39 is 0 Å². The van der Waals surface area contributed by atoms with Gasteiger partial charge in [-0.05, 0) is 37.5 Å². The second-order valence-corrected chi connectivity index (χ2v) is 5.61. The number of methoxy groups -OCH3 is 1. The Bertz CT molecular complexity index is 667. The lowest BCUT2D eigenvalue weighted by Crippen LogP contribution is -2.29. The van der Waals surface area contributed by atoms with Crippen LogP contribution >= 0.6 is 0 Å². The minimum absolute atomic E-state index is 0.208. The first kappa shape index (κ1) is 17.0. The molecule has 0 aliphatic rings. The maximum atomic E-state index is 11.3. The number of hydrogen-bond donors (Lipinski definition) is 3. The Labute approximate surface area is 136 Å². The van der Waals surface area contributed by atoms with E-state index in [-0.39, 0.29) is 11.4 Å². The molecule has 1 aromatic carbocycles. The van der Waals surface area contributed by atoms with Gasteiger partial charge in [0.05, 0.1) is 7.11 Å². The van der Waals surface area contributed by atoms with Crippen LogP contribution in [0.4, 0.5) is 5.82 Å². The highest BCUT2D eigenvalue weighted by Gasteiger charge is 2.04. The molecule has 1 aromatic heterocycles. The van der Waals surface area contributed by atoms with Gasteiger partial charge >= 0.3 is 0 Å². The smallest absolute Gasteiger partial charge is 0.252 e. The van der Waals surface area contributed by atoms with Crippen LogP contribution in [-0.2, 0) is 12.8 Å². The molecule has 0 spiro atoms. The third-order valence-electron chi connectivity index (χ3n) is 3.69. The first-order chi connectivity index (χ1) is 11.1. The number of nitrogen functional groups attached to an aromatic ring is 1. The largest absolute Gasteiger partial charge is 0.497 e. The third-order valence-corrected chi connectivity index (χ3v) is 3.69.